The van der Waals surface area contributed by atoms with E-state index in [1.54, 1.807) is 5.57 Å². The molecule has 2 aliphatic carbocycles. The monoisotopic (exact) mass is 192 g/mol. The number of hydrogen-bond donors (Lipinski definition) is 0. The molecule has 4 atom stereocenters. The molecule has 0 aromatic carbocycles. The van der Waals surface area contributed by atoms with Crippen LogP contribution < -0.4 is 0 Å². The number of carbonyl (C=O) groups excluding carboxylic acids is 1. The molecule has 14 heavy (non-hydrogen) atoms. The van der Waals surface area contributed by atoms with Gasteiger partial charge >= 0.3 is 0 Å². The topological polar surface area (TPSA) is 17.1 Å². The molecule has 78 valence electrons. The lowest BCUT2D eigenvalue weighted by Gasteiger charge is -2.39. The van der Waals surface area contributed by atoms with E-state index in [0.717, 1.165) is 12.3 Å². The molecule has 1 fully saturated rings. The summed E-state index contributed by atoms with van der Waals surface area (Å²) in [6.07, 6.45) is 8.60. The molecule has 0 amide bonds. The quantitative estimate of drug-likeness (QED) is 0.460. The molecule has 0 bridgehead atoms. The Hall–Kier alpha value is -0.590. The predicted molar refractivity (Wildman–Crippen MR) is 57.9 cm³/mol. The number of hydrogen-bond acceptors (Lipinski definition) is 1. The molecule has 4 unspecified atom stereocenters. The first-order chi connectivity index (χ1) is 6.74. The van der Waals surface area contributed by atoms with Gasteiger partial charge in [-0.15, -0.1) is 0 Å². The van der Waals surface area contributed by atoms with Crippen molar-refractivity contribution in [1.29, 1.82) is 0 Å². The first-order valence-corrected chi connectivity index (χ1v) is 5.89. The maximum atomic E-state index is 11.1. The minimum absolute atomic E-state index is 0.303. The van der Waals surface area contributed by atoms with Crippen molar-refractivity contribution < 1.29 is 4.79 Å². The van der Waals surface area contributed by atoms with E-state index in [1.807, 2.05) is 0 Å². The molecular formula is C13H20O. The van der Waals surface area contributed by atoms with Crippen LogP contribution in [-0.4, -0.2) is 6.29 Å². The highest BCUT2D eigenvalue weighted by Gasteiger charge is 2.36. The molecule has 0 aliphatic heterocycles. The summed E-state index contributed by atoms with van der Waals surface area (Å²) in [5.74, 6) is 2.17. The summed E-state index contributed by atoms with van der Waals surface area (Å²) in [4.78, 5) is 11.1. The first kappa shape index (κ1) is 9.95. The molecule has 1 saturated carbocycles. The van der Waals surface area contributed by atoms with Gasteiger partial charge in [-0.2, -0.15) is 0 Å². The van der Waals surface area contributed by atoms with E-state index in [-0.39, 0.29) is 0 Å². The zero-order valence-corrected chi connectivity index (χ0v) is 9.20. The highest BCUT2D eigenvalue weighted by atomic mass is 16.1. The van der Waals surface area contributed by atoms with Crippen LogP contribution in [0.25, 0.3) is 0 Å². The Bertz CT molecular complexity index is 254. The third kappa shape index (κ3) is 1.53. The Morgan fingerprint density at radius 3 is 2.86 bits per heavy atom. The van der Waals surface area contributed by atoms with Crippen molar-refractivity contribution in [2.45, 2.75) is 39.5 Å². The van der Waals surface area contributed by atoms with Crippen LogP contribution in [0.5, 0.6) is 0 Å². The van der Waals surface area contributed by atoms with Gasteiger partial charge < -0.3 is 4.79 Å². The van der Waals surface area contributed by atoms with Crippen LogP contribution >= 0.6 is 0 Å². The van der Waals surface area contributed by atoms with Crippen LogP contribution in [0, 0.1) is 23.7 Å². The minimum Gasteiger partial charge on any atom is -0.303 e. The summed E-state index contributed by atoms with van der Waals surface area (Å²) in [5.41, 5.74) is 1.59. The SMILES string of the molecule is CC1CCCC2C1=CCC(C)C2C=O. The Balaban J connectivity index is 2.25. The van der Waals surface area contributed by atoms with Crippen LogP contribution in [-0.2, 0) is 4.79 Å². The van der Waals surface area contributed by atoms with E-state index in [2.05, 4.69) is 19.9 Å². The maximum absolute atomic E-state index is 11.1. The average molecular weight is 192 g/mol. The number of fused-ring (bicyclic) bond motifs is 1. The van der Waals surface area contributed by atoms with E-state index >= 15 is 0 Å². The lowest BCUT2D eigenvalue weighted by molar-refractivity contribution is -0.114. The van der Waals surface area contributed by atoms with E-state index in [4.69, 9.17) is 0 Å². The fraction of sp³-hybridized carbons (Fsp3) is 0.769. The molecular weight excluding hydrogens is 172 g/mol. The van der Waals surface area contributed by atoms with E-state index in [0.29, 0.717) is 17.8 Å². The van der Waals surface area contributed by atoms with Gasteiger partial charge in [0.05, 0.1) is 0 Å². The Kier molecular flexibility index (Phi) is 2.76. The van der Waals surface area contributed by atoms with Gasteiger partial charge in [0.2, 0.25) is 0 Å². The third-order valence-corrected chi connectivity index (χ3v) is 4.15. The first-order valence-electron chi connectivity index (χ1n) is 5.89. The second-order valence-corrected chi connectivity index (χ2v) is 5.07. The Labute approximate surface area is 86.6 Å². The smallest absolute Gasteiger partial charge is 0.123 e. The molecule has 0 heterocycles. The molecule has 0 aromatic rings. The van der Waals surface area contributed by atoms with E-state index < -0.39 is 0 Å². The van der Waals surface area contributed by atoms with Crippen molar-refractivity contribution in [3.05, 3.63) is 11.6 Å². The van der Waals surface area contributed by atoms with Crippen molar-refractivity contribution >= 4 is 6.29 Å². The Morgan fingerprint density at radius 2 is 2.14 bits per heavy atom. The van der Waals surface area contributed by atoms with Gasteiger partial charge in [-0.1, -0.05) is 31.9 Å². The number of aldehydes is 1. The number of rotatable bonds is 1. The summed E-state index contributed by atoms with van der Waals surface area (Å²) in [5, 5.41) is 0. The lowest BCUT2D eigenvalue weighted by atomic mass is 9.65. The molecule has 1 heteroatoms. The van der Waals surface area contributed by atoms with Crippen LogP contribution in [0.1, 0.15) is 39.5 Å². The summed E-state index contributed by atoms with van der Waals surface area (Å²) >= 11 is 0. The average Bonchev–Trinajstić information content (AvgIpc) is 2.18. The van der Waals surface area contributed by atoms with Gasteiger partial charge in [-0.25, -0.2) is 0 Å². The van der Waals surface area contributed by atoms with E-state index in [9.17, 15) is 4.79 Å². The van der Waals surface area contributed by atoms with Gasteiger partial charge in [-0.05, 0) is 37.0 Å². The van der Waals surface area contributed by atoms with Crippen molar-refractivity contribution in [3.63, 3.8) is 0 Å². The zero-order valence-electron chi connectivity index (χ0n) is 9.20. The van der Waals surface area contributed by atoms with Crippen LogP contribution in [0.4, 0.5) is 0 Å². The number of allylic oxidation sites excluding steroid dienone is 2. The standard InChI is InChI=1S/C13H20O/c1-9-4-3-5-12-11(9)7-6-10(2)13(12)8-14/h7-10,12-13H,3-6H2,1-2H3. The van der Waals surface area contributed by atoms with Crippen molar-refractivity contribution in [2.24, 2.45) is 23.7 Å². The zero-order chi connectivity index (χ0) is 10.1. The molecule has 0 aromatic heterocycles. The summed E-state index contributed by atoms with van der Waals surface area (Å²) in [6, 6.07) is 0. The van der Waals surface area contributed by atoms with E-state index in [1.165, 1.54) is 25.5 Å². The van der Waals surface area contributed by atoms with Crippen molar-refractivity contribution in [3.8, 4) is 0 Å². The Morgan fingerprint density at radius 1 is 1.36 bits per heavy atom. The third-order valence-electron chi connectivity index (χ3n) is 4.15. The van der Waals surface area contributed by atoms with Gasteiger partial charge in [0.15, 0.2) is 0 Å². The second kappa shape index (κ2) is 3.88. The molecule has 0 spiro atoms. The van der Waals surface area contributed by atoms with Gasteiger partial charge in [0.1, 0.15) is 6.29 Å². The summed E-state index contributed by atoms with van der Waals surface area (Å²) < 4.78 is 0. The lowest BCUT2D eigenvalue weighted by Crippen LogP contribution is -2.32. The highest BCUT2D eigenvalue weighted by Crippen LogP contribution is 2.44. The molecule has 0 N–H and O–H groups in total. The van der Waals surface area contributed by atoms with Gasteiger partial charge in [-0.3, -0.25) is 0 Å². The maximum Gasteiger partial charge on any atom is 0.123 e. The fourth-order valence-electron chi connectivity index (χ4n) is 3.21. The molecule has 0 saturated heterocycles. The van der Waals surface area contributed by atoms with Gasteiger partial charge in [0.25, 0.3) is 0 Å². The highest BCUT2D eigenvalue weighted by molar-refractivity contribution is 5.56. The summed E-state index contributed by atoms with van der Waals surface area (Å²) in [6.45, 7) is 4.53. The minimum atomic E-state index is 0.303. The van der Waals surface area contributed by atoms with Crippen molar-refractivity contribution in [2.75, 3.05) is 0 Å². The van der Waals surface area contributed by atoms with Crippen LogP contribution in [0.15, 0.2) is 11.6 Å². The second-order valence-electron chi connectivity index (χ2n) is 5.07. The molecule has 2 rings (SSSR count). The molecule has 1 nitrogen and oxygen atoms in total. The normalized spacial score (nSPS) is 42.6. The summed E-state index contributed by atoms with van der Waals surface area (Å²) in [7, 11) is 0. The van der Waals surface area contributed by atoms with Gasteiger partial charge in [0, 0.05) is 5.92 Å². The fourth-order valence-corrected chi connectivity index (χ4v) is 3.21. The predicted octanol–water partition coefficient (Wildman–Crippen LogP) is 3.20. The van der Waals surface area contributed by atoms with Crippen molar-refractivity contribution in [1.82, 2.24) is 0 Å². The van der Waals surface area contributed by atoms with Crippen LogP contribution in [0.3, 0.4) is 0 Å². The molecule has 2 aliphatic rings. The largest absolute Gasteiger partial charge is 0.303 e. The number of carbonyl (C=O) groups is 1. The molecule has 0 radical (unpaired) electrons. The van der Waals surface area contributed by atoms with Crippen LogP contribution in [0.2, 0.25) is 0 Å².